The molecule has 27 heavy (non-hydrogen) atoms. The van der Waals surface area contributed by atoms with Crippen LogP contribution in [0.3, 0.4) is 0 Å². The summed E-state index contributed by atoms with van der Waals surface area (Å²) in [5.41, 5.74) is 0.176. The first-order valence-corrected chi connectivity index (χ1v) is 9.93. The monoisotopic (exact) mass is 488 g/mol. The second-order valence-corrected chi connectivity index (χ2v) is 9.33. The van der Waals surface area contributed by atoms with Crippen LogP contribution in [0, 0.1) is 11.8 Å². The fourth-order valence-electron chi connectivity index (χ4n) is 4.65. The number of methoxy groups -OCH3 is 2. The number of benzene rings is 1. The molecule has 0 amide bonds. The van der Waals surface area contributed by atoms with Gasteiger partial charge in [-0.25, -0.2) is 0 Å². The Bertz CT molecular complexity index is 884. The highest BCUT2D eigenvalue weighted by Crippen LogP contribution is 2.75. The summed E-state index contributed by atoms with van der Waals surface area (Å²) in [4.78, 5) is 23.2. The molecule has 2 bridgehead atoms. The molecule has 4 rings (SSSR count). The van der Waals surface area contributed by atoms with Crippen LogP contribution in [-0.2, 0) is 9.47 Å². The molecule has 0 spiro atoms. The number of ether oxygens (including phenoxy) is 2. The van der Waals surface area contributed by atoms with Crippen molar-refractivity contribution in [2.75, 3.05) is 14.2 Å². The van der Waals surface area contributed by atoms with E-state index in [2.05, 4.69) is 0 Å². The lowest BCUT2D eigenvalue weighted by atomic mass is 9.69. The quantitative estimate of drug-likeness (QED) is 0.419. The SMILES string of the molecule is COC1(OC)[C@@]2(Cl)C(Cl)=C(Cl)[C@]1(Cl)[C@@H]1C(=O)c3cc(Cl)c(Cl)cc3C(=O)[C@@H]12. The first-order valence-electron chi connectivity index (χ1n) is 7.66. The number of ketones is 2. The summed E-state index contributed by atoms with van der Waals surface area (Å²) in [5.74, 6) is -5.10. The van der Waals surface area contributed by atoms with Crippen molar-refractivity contribution in [1.82, 2.24) is 0 Å². The summed E-state index contributed by atoms with van der Waals surface area (Å²) < 4.78 is 11.1. The van der Waals surface area contributed by atoms with E-state index in [1.54, 1.807) is 0 Å². The molecule has 0 aromatic heterocycles. The summed E-state index contributed by atoms with van der Waals surface area (Å²) >= 11 is 38.7. The fourth-order valence-corrected chi connectivity index (χ4v) is 7.15. The van der Waals surface area contributed by atoms with Gasteiger partial charge < -0.3 is 9.47 Å². The van der Waals surface area contributed by atoms with E-state index in [-0.39, 0.29) is 31.2 Å². The number of fused-ring (bicyclic) bond motifs is 6. The highest BCUT2D eigenvalue weighted by molar-refractivity contribution is 6.54. The van der Waals surface area contributed by atoms with Crippen molar-refractivity contribution in [3.63, 3.8) is 0 Å². The van der Waals surface area contributed by atoms with E-state index < -0.39 is 38.9 Å². The van der Waals surface area contributed by atoms with E-state index in [4.69, 9.17) is 79.1 Å². The zero-order valence-electron chi connectivity index (χ0n) is 13.7. The first-order chi connectivity index (χ1) is 12.5. The lowest BCUT2D eigenvalue weighted by Gasteiger charge is -2.40. The van der Waals surface area contributed by atoms with Gasteiger partial charge in [0.1, 0.15) is 9.75 Å². The first kappa shape index (κ1) is 20.2. The molecule has 0 saturated heterocycles. The third-order valence-corrected chi connectivity index (χ3v) is 9.04. The van der Waals surface area contributed by atoms with Crippen LogP contribution in [0.1, 0.15) is 20.7 Å². The standard InChI is InChI=1S/C17H10Cl6O4/c1-26-17(27-2)15(22)9-10(16(17,23)14(21)13(15)20)12(25)6-4-8(19)7(18)3-5(6)11(9)24/h3-4,9-10H,1-2H3/t9-,10+,15+,16-. The molecule has 0 heterocycles. The third-order valence-electron chi connectivity index (χ3n) is 5.71. The van der Waals surface area contributed by atoms with Crippen LogP contribution >= 0.6 is 69.6 Å². The van der Waals surface area contributed by atoms with Crippen LogP contribution < -0.4 is 0 Å². The summed E-state index contributed by atoms with van der Waals surface area (Å²) in [5, 5.41) is 0.0875. The van der Waals surface area contributed by atoms with Crippen LogP contribution in [0.2, 0.25) is 10.0 Å². The normalized spacial score (nSPS) is 36.3. The topological polar surface area (TPSA) is 52.6 Å². The molecular weight excluding hydrogens is 481 g/mol. The predicted octanol–water partition coefficient (Wildman–Crippen LogP) is 5.27. The van der Waals surface area contributed by atoms with E-state index >= 15 is 0 Å². The largest absolute Gasteiger partial charge is 0.350 e. The van der Waals surface area contributed by atoms with E-state index in [1.807, 2.05) is 0 Å². The number of carbonyl (C=O) groups is 2. The molecule has 0 aliphatic heterocycles. The van der Waals surface area contributed by atoms with Crippen LogP contribution in [-0.4, -0.2) is 41.3 Å². The Kier molecular flexibility index (Phi) is 4.49. The van der Waals surface area contributed by atoms with E-state index in [9.17, 15) is 9.59 Å². The van der Waals surface area contributed by atoms with Gasteiger partial charge in [-0.15, -0.1) is 23.2 Å². The minimum Gasteiger partial charge on any atom is -0.350 e. The zero-order valence-corrected chi connectivity index (χ0v) is 18.2. The number of halogens is 6. The number of hydrogen-bond donors (Lipinski definition) is 0. The maximum Gasteiger partial charge on any atom is 0.218 e. The fraction of sp³-hybridized carbons (Fsp3) is 0.412. The maximum atomic E-state index is 13.4. The Labute approximate surface area is 184 Å². The van der Waals surface area contributed by atoms with Gasteiger partial charge in [0.05, 0.1) is 31.9 Å². The highest BCUT2D eigenvalue weighted by atomic mass is 35.5. The lowest BCUT2D eigenvalue weighted by Crippen LogP contribution is -2.58. The molecule has 3 aliphatic carbocycles. The molecule has 1 aromatic carbocycles. The third kappa shape index (κ3) is 1.93. The zero-order chi connectivity index (χ0) is 20.1. The second kappa shape index (κ2) is 5.99. The molecule has 1 fully saturated rings. The van der Waals surface area contributed by atoms with E-state index in [0.717, 1.165) is 0 Å². The van der Waals surface area contributed by atoms with Crippen LogP contribution in [0.4, 0.5) is 0 Å². The van der Waals surface area contributed by atoms with Gasteiger partial charge in [0.2, 0.25) is 5.79 Å². The summed E-state index contributed by atoms with van der Waals surface area (Å²) in [6.07, 6.45) is 0. The van der Waals surface area contributed by atoms with Crippen molar-refractivity contribution in [3.8, 4) is 0 Å². The van der Waals surface area contributed by atoms with Gasteiger partial charge in [-0.05, 0) is 12.1 Å². The number of Topliss-reactive ketones (excluding diaryl/α,β-unsaturated/α-hetero) is 2. The highest BCUT2D eigenvalue weighted by Gasteiger charge is 2.87. The van der Waals surface area contributed by atoms with Crippen molar-refractivity contribution in [3.05, 3.63) is 43.4 Å². The Balaban J connectivity index is 2.08. The average molecular weight is 491 g/mol. The molecule has 0 N–H and O–H groups in total. The Morgan fingerprint density at radius 2 is 1.11 bits per heavy atom. The van der Waals surface area contributed by atoms with Crippen molar-refractivity contribution in [1.29, 1.82) is 0 Å². The van der Waals surface area contributed by atoms with Crippen LogP contribution in [0.25, 0.3) is 0 Å². The van der Waals surface area contributed by atoms with Crippen LogP contribution in [0.15, 0.2) is 22.2 Å². The van der Waals surface area contributed by atoms with Gasteiger partial charge in [-0.3, -0.25) is 9.59 Å². The van der Waals surface area contributed by atoms with Gasteiger partial charge in [-0.1, -0.05) is 46.4 Å². The lowest BCUT2D eigenvalue weighted by molar-refractivity contribution is -0.219. The van der Waals surface area contributed by atoms with Crippen molar-refractivity contribution >= 4 is 81.2 Å². The summed E-state index contributed by atoms with van der Waals surface area (Å²) in [6.45, 7) is 0. The van der Waals surface area contributed by atoms with Crippen molar-refractivity contribution in [2.24, 2.45) is 11.8 Å². The average Bonchev–Trinajstić information content (AvgIpc) is 2.89. The molecule has 10 heteroatoms. The molecular formula is C17H10Cl6O4. The number of carbonyl (C=O) groups excluding carboxylic acids is 2. The van der Waals surface area contributed by atoms with Gasteiger partial charge in [0, 0.05) is 25.3 Å². The minimum absolute atomic E-state index is 0.0876. The molecule has 4 nitrogen and oxygen atoms in total. The number of hydrogen-bond acceptors (Lipinski definition) is 4. The Morgan fingerprint density at radius 3 is 1.41 bits per heavy atom. The predicted molar refractivity (Wildman–Crippen MR) is 105 cm³/mol. The minimum atomic E-state index is -1.84. The van der Waals surface area contributed by atoms with Crippen molar-refractivity contribution < 1.29 is 19.1 Å². The van der Waals surface area contributed by atoms with Gasteiger partial charge in [0.25, 0.3) is 0 Å². The van der Waals surface area contributed by atoms with Crippen LogP contribution in [0.5, 0.6) is 0 Å². The smallest absolute Gasteiger partial charge is 0.218 e. The molecule has 144 valence electrons. The Morgan fingerprint density at radius 1 is 0.778 bits per heavy atom. The molecule has 0 unspecified atom stereocenters. The van der Waals surface area contributed by atoms with Crippen molar-refractivity contribution in [2.45, 2.75) is 15.5 Å². The maximum absolute atomic E-state index is 13.4. The molecule has 3 aliphatic rings. The summed E-state index contributed by atoms with van der Waals surface area (Å²) in [7, 11) is 2.59. The van der Waals surface area contributed by atoms with Gasteiger partial charge >= 0.3 is 0 Å². The number of rotatable bonds is 2. The second-order valence-electron chi connectivity index (χ2n) is 6.57. The van der Waals surface area contributed by atoms with E-state index in [1.165, 1.54) is 26.4 Å². The number of alkyl halides is 2. The molecule has 1 aromatic rings. The van der Waals surface area contributed by atoms with Gasteiger partial charge in [0.15, 0.2) is 11.6 Å². The summed E-state index contributed by atoms with van der Waals surface area (Å²) in [6, 6.07) is 2.67. The Hall–Kier alpha value is -0.0400. The molecule has 4 atom stereocenters. The van der Waals surface area contributed by atoms with Gasteiger partial charge in [-0.2, -0.15) is 0 Å². The van der Waals surface area contributed by atoms with E-state index in [0.29, 0.717) is 0 Å². The molecule has 1 saturated carbocycles. The molecule has 0 radical (unpaired) electrons.